The molecule has 3 aromatic rings. The molecule has 122 valence electrons. The van der Waals surface area contributed by atoms with Gasteiger partial charge in [-0.05, 0) is 61.3 Å². The van der Waals surface area contributed by atoms with Gasteiger partial charge in [-0.15, -0.1) is 0 Å². The molecule has 2 heterocycles. The Balaban J connectivity index is 1.69. The van der Waals surface area contributed by atoms with Gasteiger partial charge in [0.05, 0.1) is 13.3 Å². The maximum atomic E-state index is 5.30. The molecule has 0 amide bonds. The third kappa shape index (κ3) is 2.54. The van der Waals surface area contributed by atoms with Crippen molar-refractivity contribution >= 4 is 18.4 Å². The van der Waals surface area contributed by atoms with Crippen LogP contribution in [0.1, 0.15) is 23.2 Å². The van der Waals surface area contributed by atoms with Gasteiger partial charge in [-0.25, -0.2) is 5.10 Å². The van der Waals surface area contributed by atoms with Crippen LogP contribution in [0.3, 0.4) is 0 Å². The van der Waals surface area contributed by atoms with Crippen LogP contribution in [0.2, 0.25) is 0 Å². The Labute approximate surface area is 143 Å². The summed E-state index contributed by atoms with van der Waals surface area (Å²) in [4.78, 5) is 0. The molecule has 0 fully saturated rings. The molecule has 4 rings (SSSR count). The van der Waals surface area contributed by atoms with Crippen molar-refractivity contribution in [2.75, 3.05) is 7.11 Å². The predicted molar refractivity (Wildman–Crippen MR) is 93.0 cm³/mol. The molecule has 0 bridgehead atoms. The summed E-state index contributed by atoms with van der Waals surface area (Å²) in [5.41, 5.74) is 4.16. The molecular weight excluding hydrogens is 324 g/mol. The van der Waals surface area contributed by atoms with E-state index in [0.717, 1.165) is 36.3 Å². The van der Waals surface area contributed by atoms with Crippen molar-refractivity contribution in [2.24, 2.45) is 5.10 Å². The highest BCUT2D eigenvalue weighted by Gasteiger charge is 2.23. The van der Waals surface area contributed by atoms with Gasteiger partial charge >= 0.3 is 0 Å². The summed E-state index contributed by atoms with van der Waals surface area (Å²) in [7, 11) is 1.64. The van der Waals surface area contributed by atoms with Crippen molar-refractivity contribution in [1.29, 1.82) is 0 Å². The molecule has 0 radical (unpaired) electrons. The number of aryl methyl sites for hydroxylation is 1. The average Bonchev–Trinajstić information content (AvgIpc) is 3.29. The summed E-state index contributed by atoms with van der Waals surface area (Å²) in [5, 5.41) is 19.1. The lowest BCUT2D eigenvalue weighted by Gasteiger charge is -2.01. The van der Waals surface area contributed by atoms with Crippen LogP contribution < -0.4 is 4.74 Å². The van der Waals surface area contributed by atoms with Crippen molar-refractivity contribution < 1.29 is 4.74 Å². The molecule has 7 nitrogen and oxygen atoms in total. The van der Waals surface area contributed by atoms with E-state index in [1.807, 2.05) is 24.3 Å². The van der Waals surface area contributed by atoms with Gasteiger partial charge in [0.25, 0.3) is 0 Å². The Morgan fingerprint density at radius 1 is 1.21 bits per heavy atom. The number of methoxy groups -OCH3 is 1. The van der Waals surface area contributed by atoms with Gasteiger partial charge in [-0.3, -0.25) is 5.10 Å². The van der Waals surface area contributed by atoms with Crippen molar-refractivity contribution in [1.82, 2.24) is 25.1 Å². The van der Waals surface area contributed by atoms with Gasteiger partial charge < -0.3 is 4.74 Å². The van der Waals surface area contributed by atoms with E-state index in [4.69, 9.17) is 17.0 Å². The maximum absolute atomic E-state index is 5.30. The van der Waals surface area contributed by atoms with E-state index in [9.17, 15) is 0 Å². The standard InChI is InChI=1S/C16H16N6OS/c1-23-11-7-5-10(6-8-11)9-17-22-15(20-21-16(22)24)14-12-3-2-4-13(12)18-19-14/h5-9H,2-4H2,1H3,(H,18,19)(H,21,24)/b17-9-. The van der Waals surface area contributed by atoms with E-state index in [2.05, 4.69) is 25.5 Å². The second-order valence-corrected chi connectivity index (χ2v) is 5.95. The number of hydrogen-bond donors (Lipinski definition) is 2. The number of H-pyrrole nitrogens is 2. The van der Waals surface area contributed by atoms with Gasteiger partial charge in [0.1, 0.15) is 11.4 Å². The number of nitrogens with one attached hydrogen (secondary N) is 2. The maximum Gasteiger partial charge on any atom is 0.216 e. The minimum absolute atomic E-state index is 0.435. The fraction of sp³-hybridized carbons (Fsp3) is 0.250. The van der Waals surface area contributed by atoms with Crippen molar-refractivity contribution in [3.05, 3.63) is 45.9 Å². The van der Waals surface area contributed by atoms with E-state index >= 15 is 0 Å². The van der Waals surface area contributed by atoms with Crippen LogP contribution in [-0.2, 0) is 12.8 Å². The highest BCUT2D eigenvalue weighted by atomic mass is 32.1. The smallest absolute Gasteiger partial charge is 0.216 e. The fourth-order valence-corrected chi connectivity index (χ4v) is 3.05. The van der Waals surface area contributed by atoms with Crippen LogP contribution in [-0.4, -0.2) is 38.4 Å². The van der Waals surface area contributed by atoms with Crippen LogP contribution in [0.25, 0.3) is 11.5 Å². The lowest BCUT2D eigenvalue weighted by Crippen LogP contribution is -1.97. The first kappa shape index (κ1) is 14.8. The molecule has 2 N–H and O–H groups in total. The Bertz CT molecular complexity index is 950. The minimum Gasteiger partial charge on any atom is -0.497 e. The first-order chi connectivity index (χ1) is 11.8. The first-order valence-electron chi connectivity index (χ1n) is 7.68. The third-order valence-corrected chi connectivity index (χ3v) is 4.37. The highest BCUT2D eigenvalue weighted by molar-refractivity contribution is 7.71. The Morgan fingerprint density at radius 2 is 2.04 bits per heavy atom. The number of nitrogens with zero attached hydrogens (tertiary/aromatic N) is 4. The van der Waals surface area contributed by atoms with Crippen LogP contribution in [0.5, 0.6) is 5.75 Å². The molecule has 0 atom stereocenters. The zero-order valence-corrected chi connectivity index (χ0v) is 13.9. The van der Waals surface area contributed by atoms with Gasteiger partial charge in [-0.2, -0.15) is 20.0 Å². The zero-order chi connectivity index (χ0) is 16.5. The predicted octanol–water partition coefficient (Wildman–Crippen LogP) is 2.71. The first-order valence-corrected chi connectivity index (χ1v) is 8.09. The van der Waals surface area contributed by atoms with Crippen molar-refractivity contribution in [3.8, 4) is 17.3 Å². The number of fused-ring (bicyclic) bond motifs is 1. The molecule has 8 heteroatoms. The Morgan fingerprint density at radius 3 is 2.83 bits per heavy atom. The summed E-state index contributed by atoms with van der Waals surface area (Å²) >= 11 is 5.30. The second-order valence-electron chi connectivity index (χ2n) is 5.56. The summed E-state index contributed by atoms with van der Waals surface area (Å²) in [6.45, 7) is 0. The fourth-order valence-electron chi connectivity index (χ4n) is 2.87. The molecule has 0 unspecified atom stereocenters. The van der Waals surface area contributed by atoms with Gasteiger partial charge in [0.15, 0.2) is 0 Å². The topological polar surface area (TPSA) is 83.9 Å². The monoisotopic (exact) mass is 340 g/mol. The third-order valence-electron chi connectivity index (χ3n) is 4.11. The molecule has 1 aliphatic rings. The van der Waals surface area contributed by atoms with Crippen molar-refractivity contribution in [2.45, 2.75) is 19.3 Å². The molecule has 24 heavy (non-hydrogen) atoms. The normalized spacial score (nSPS) is 13.5. The van der Waals surface area contributed by atoms with E-state index in [1.165, 1.54) is 11.3 Å². The lowest BCUT2D eigenvalue weighted by atomic mass is 10.2. The summed E-state index contributed by atoms with van der Waals surface area (Å²) < 4.78 is 7.20. The Kier molecular flexibility index (Phi) is 3.73. The number of aromatic amines is 2. The number of aromatic nitrogens is 5. The van der Waals surface area contributed by atoms with Crippen molar-refractivity contribution in [3.63, 3.8) is 0 Å². The van der Waals surface area contributed by atoms with E-state index in [1.54, 1.807) is 18.0 Å². The molecule has 2 aromatic heterocycles. The van der Waals surface area contributed by atoms with E-state index in [-0.39, 0.29) is 0 Å². The molecule has 1 aliphatic carbocycles. The molecule has 0 saturated carbocycles. The SMILES string of the molecule is COc1ccc(/C=N\n2c(-c3n[nH]c4c3CCC4)n[nH]c2=S)cc1. The average molecular weight is 340 g/mol. The summed E-state index contributed by atoms with van der Waals surface area (Å²) in [6, 6.07) is 7.63. The van der Waals surface area contributed by atoms with Gasteiger partial charge in [0.2, 0.25) is 10.6 Å². The van der Waals surface area contributed by atoms with Gasteiger partial charge in [0, 0.05) is 11.3 Å². The number of benzene rings is 1. The van der Waals surface area contributed by atoms with E-state index < -0.39 is 0 Å². The van der Waals surface area contributed by atoms with Gasteiger partial charge in [-0.1, -0.05) is 0 Å². The number of ether oxygens (including phenoxy) is 1. The molecular formula is C16H16N6OS. The molecule has 0 saturated heterocycles. The minimum atomic E-state index is 0.435. The van der Waals surface area contributed by atoms with Crippen LogP contribution in [0, 0.1) is 4.77 Å². The van der Waals surface area contributed by atoms with Crippen LogP contribution in [0.4, 0.5) is 0 Å². The molecule has 0 aliphatic heterocycles. The quantitative estimate of drug-likeness (QED) is 0.565. The summed E-state index contributed by atoms with van der Waals surface area (Å²) in [5.74, 6) is 1.43. The number of rotatable bonds is 4. The summed E-state index contributed by atoms with van der Waals surface area (Å²) in [6.07, 6.45) is 4.91. The van der Waals surface area contributed by atoms with Crippen LogP contribution in [0.15, 0.2) is 29.4 Å². The molecule has 1 aromatic carbocycles. The molecule has 0 spiro atoms. The lowest BCUT2D eigenvalue weighted by molar-refractivity contribution is 0.415. The zero-order valence-electron chi connectivity index (χ0n) is 13.1. The highest BCUT2D eigenvalue weighted by Crippen LogP contribution is 2.29. The number of hydrogen-bond acceptors (Lipinski definition) is 5. The van der Waals surface area contributed by atoms with E-state index in [0.29, 0.717) is 10.6 Å². The second kappa shape index (κ2) is 6.04. The largest absolute Gasteiger partial charge is 0.497 e. The van der Waals surface area contributed by atoms with Crippen LogP contribution >= 0.6 is 12.2 Å². The Hall–Kier alpha value is -2.74.